The van der Waals surface area contributed by atoms with Crippen LogP contribution in [0, 0.1) is 0 Å². The predicted molar refractivity (Wildman–Crippen MR) is 75.3 cm³/mol. The van der Waals surface area contributed by atoms with Crippen molar-refractivity contribution in [1.82, 2.24) is 5.32 Å². The molecule has 0 radical (unpaired) electrons. The Morgan fingerprint density at radius 1 is 1.58 bits per heavy atom. The molecule has 104 valence electrons. The lowest BCUT2D eigenvalue weighted by molar-refractivity contribution is -0.122. The lowest BCUT2D eigenvalue weighted by atomic mass is 10.2. The summed E-state index contributed by atoms with van der Waals surface area (Å²) in [5.74, 6) is 0.628. The van der Waals surface area contributed by atoms with E-state index >= 15 is 0 Å². The topological polar surface area (TPSA) is 67.8 Å². The number of aliphatic hydroxyl groups is 1. The highest BCUT2D eigenvalue weighted by molar-refractivity contribution is 9.10. The summed E-state index contributed by atoms with van der Waals surface area (Å²) < 4.78 is 11.2. The van der Waals surface area contributed by atoms with Crippen LogP contribution in [0.5, 0.6) is 11.5 Å². The number of benzene rings is 1. The maximum Gasteiger partial charge on any atom is 0.258 e. The number of carbonyl (C=O) groups is 1. The van der Waals surface area contributed by atoms with E-state index in [0.717, 1.165) is 0 Å². The van der Waals surface area contributed by atoms with Crippen molar-refractivity contribution in [3.63, 3.8) is 0 Å². The second-order valence-corrected chi connectivity index (χ2v) is 4.50. The van der Waals surface area contributed by atoms with Crippen LogP contribution in [-0.2, 0) is 11.4 Å². The Balaban J connectivity index is 2.77. The minimum Gasteiger partial charge on any atom is -0.493 e. The minimum absolute atomic E-state index is 0.102. The Morgan fingerprint density at radius 3 is 2.89 bits per heavy atom. The molecule has 0 aliphatic rings. The second-order valence-electron chi connectivity index (χ2n) is 3.65. The molecule has 0 aliphatic heterocycles. The van der Waals surface area contributed by atoms with E-state index in [1.165, 1.54) is 7.11 Å². The fourth-order valence-electron chi connectivity index (χ4n) is 1.38. The van der Waals surface area contributed by atoms with Crippen molar-refractivity contribution < 1.29 is 19.4 Å². The Kier molecular flexibility index (Phi) is 6.38. The highest BCUT2D eigenvalue weighted by atomic mass is 79.9. The molecule has 5 nitrogen and oxygen atoms in total. The molecule has 1 amide bonds. The predicted octanol–water partition coefficient (Wildman–Crippen LogP) is 1.63. The average Bonchev–Trinajstić information content (AvgIpc) is 2.42. The molecule has 0 atom stereocenters. The standard InChI is InChI=1S/C13H16BrNO4/c1-3-4-15-12(17)8-19-13-10(14)5-9(7-16)6-11(13)18-2/h3,5-6,16H,1,4,7-8H2,2H3,(H,15,17). The summed E-state index contributed by atoms with van der Waals surface area (Å²) in [6.07, 6.45) is 1.59. The van der Waals surface area contributed by atoms with Crippen LogP contribution in [0.15, 0.2) is 29.3 Å². The summed E-state index contributed by atoms with van der Waals surface area (Å²) in [6.45, 7) is 3.67. The zero-order valence-corrected chi connectivity index (χ0v) is 12.2. The average molecular weight is 330 g/mol. The number of amides is 1. The summed E-state index contributed by atoms with van der Waals surface area (Å²) in [6, 6.07) is 3.36. The van der Waals surface area contributed by atoms with Crippen LogP contribution < -0.4 is 14.8 Å². The fraction of sp³-hybridized carbons (Fsp3) is 0.308. The number of nitrogens with one attached hydrogen (secondary N) is 1. The van der Waals surface area contributed by atoms with Gasteiger partial charge in [-0.05, 0) is 33.6 Å². The molecule has 0 saturated carbocycles. The normalized spacial score (nSPS) is 9.84. The van der Waals surface area contributed by atoms with Crippen molar-refractivity contribution in [2.75, 3.05) is 20.3 Å². The van der Waals surface area contributed by atoms with Gasteiger partial charge in [0.15, 0.2) is 18.1 Å². The van der Waals surface area contributed by atoms with Crippen molar-refractivity contribution in [3.8, 4) is 11.5 Å². The maximum atomic E-state index is 11.4. The van der Waals surface area contributed by atoms with E-state index < -0.39 is 0 Å². The molecule has 0 heterocycles. The van der Waals surface area contributed by atoms with E-state index in [2.05, 4.69) is 27.8 Å². The molecule has 6 heteroatoms. The molecular weight excluding hydrogens is 314 g/mol. The van der Waals surface area contributed by atoms with E-state index in [4.69, 9.17) is 14.6 Å². The van der Waals surface area contributed by atoms with Gasteiger partial charge in [0, 0.05) is 6.54 Å². The van der Waals surface area contributed by atoms with Crippen LogP contribution in [0.25, 0.3) is 0 Å². The van der Waals surface area contributed by atoms with Crippen molar-refractivity contribution >= 4 is 21.8 Å². The minimum atomic E-state index is -0.250. The molecule has 0 aromatic heterocycles. The van der Waals surface area contributed by atoms with Gasteiger partial charge in [0.05, 0.1) is 18.2 Å². The molecule has 1 aromatic rings. The first-order chi connectivity index (χ1) is 9.12. The highest BCUT2D eigenvalue weighted by Gasteiger charge is 2.13. The third-order valence-corrected chi connectivity index (χ3v) is 2.85. The van der Waals surface area contributed by atoms with Crippen LogP contribution in [-0.4, -0.2) is 31.3 Å². The molecule has 1 aromatic carbocycles. The summed E-state index contributed by atoms with van der Waals surface area (Å²) in [5, 5.41) is 11.7. The zero-order valence-electron chi connectivity index (χ0n) is 10.6. The smallest absolute Gasteiger partial charge is 0.258 e. The Labute approximate surface area is 120 Å². The third-order valence-electron chi connectivity index (χ3n) is 2.26. The Bertz CT molecular complexity index is 462. The van der Waals surface area contributed by atoms with Gasteiger partial charge in [-0.1, -0.05) is 6.08 Å². The molecule has 0 aliphatic carbocycles. The second kappa shape index (κ2) is 7.81. The van der Waals surface area contributed by atoms with Crippen molar-refractivity contribution in [1.29, 1.82) is 0 Å². The van der Waals surface area contributed by atoms with Crippen molar-refractivity contribution in [2.24, 2.45) is 0 Å². The van der Waals surface area contributed by atoms with E-state index in [0.29, 0.717) is 28.1 Å². The van der Waals surface area contributed by atoms with E-state index in [-0.39, 0.29) is 19.1 Å². The van der Waals surface area contributed by atoms with Crippen LogP contribution >= 0.6 is 15.9 Å². The summed E-state index contributed by atoms with van der Waals surface area (Å²) >= 11 is 3.32. The molecule has 0 bridgehead atoms. The van der Waals surface area contributed by atoms with Crippen LogP contribution in [0.2, 0.25) is 0 Å². The highest BCUT2D eigenvalue weighted by Crippen LogP contribution is 2.36. The van der Waals surface area contributed by atoms with Gasteiger partial charge < -0.3 is 19.9 Å². The molecule has 1 rings (SSSR count). The van der Waals surface area contributed by atoms with Gasteiger partial charge in [0.2, 0.25) is 0 Å². The Hall–Kier alpha value is -1.53. The number of hydrogen-bond donors (Lipinski definition) is 2. The van der Waals surface area contributed by atoms with Gasteiger partial charge in [-0.15, -0.1) is 6.58 Å². The first-order valence-corrected chi connectivity index (χ1v) is 6.39. The van der Waals surface area contributed by atoms with Gasteiger partial charge in [-0.3, -0.25) is 4.79 Å². The first-order valence-electron chi connectivity index (χ1n) is 5.60. The molecule has 0 spiro atoms. The summed E-state index contributed by atoms with van der Waals surface area (Å²) in [7, 11) is 1.49. The quantitative estimate of drug-likeness (QED) is 0.746. The van der Waals surface area contributed by atoms with E-state index in [1.54, 1.807) is 18.2 Å². The van der Waals surface area contributed by atoms with Crippen molar-refractivity contribution in [3.05, 3.63) is 34.8 Å². The van der Waals surface area contributed by atoms with E-state index in [9.17, 15) is 4.79 Å². The van der Waals surface area contributed by atoms with Gasteiger partial charge in [-0.2, -0.15) is 0 Å². The fourth-order valence-corrected chi connectivity index (χ4v) is 1.98. The number of halogens is 1. The molecule has 0 unspecified atom stereocenters. The molecule has 0 saturated heterocycles. The summed E-state index contributed by atoms with van der Waals surface area (Å²) in [4.78, 5) is 11.4. The van der Waals surface area contributed by atoms with Crippen molar-refractivity contribution in [2.45, 2.75) is 6.61 Å². The van der Waals surface area contributed by atoms with Gasteiger partial charge in [-0.25, -0.2) is 0 Å². The lowest BCUT2D eigenvalue weighted by Gasteiger charge is -2.13. The first kappa shape index (κ1) is 15.5. The van der Waals surface area contributed by atoms with E-state index in [1.807, 2.05) is 0 Å². The summed E-state index contributed by atoms with van der Waals surface area (Å²) in [5.41, 5.74) is 0.687. The number of methoxy groups -OCH3 is 1. The van der Waals surface area contributed by atoms with Gasteiger partial charge in [0.1, 0.15) is 0 Å². The van der Waals surface area contributed by atoms with Gasteiger partial charge >= 0.3 is 0 Å². The molecule has 2 N–H and O–H groups in total. The lowest BCUT2D eigenvalue weighted by Crippen LogP contribution is -2.28. The number of rotatable bonds is 7. The molecule has 0 fully saturated rings. The number of ether oxygens (including phenoxy) is 2. The third kappa shape index (κ3) is 4.57. The monoisotopic (exact) mass is 329 g/mol. The SMILES string of the molecule is C=CCNC(=O)COc1c(Br)cc(CO)cc1OC. The Morgan fingerprint density at radius 2 is 2.32 bits per heavy atom. The molecular formula is C13H16BrNO4. The van der Waals surface area contributed by atoms with Gasteiger partial charge in [0.25, 0.3) is 5.91 Å². The zero-order chi connectivity index (χ0) is 14.3. The number of hydrogen-bond acceptors (Lipinski definition) is 4. The largest absolute Gasteiger partial charge is 0.493 e. The number of aliphatic hydroxyl groups excluding tert-OH is 1. The van der Waals surface area contributed by atoms with Crippen LogP contribution in [0.1, 0.15) is 5.56 Å². The maximum absolute atomic E-state index is 11.4. The molecule has 19 heavy (non-hydrogen) atoms. The number of carbonyl (C=O) groups excluding carboxylic acids is 1. The van der Waals surface area contributed by atoms with Crippen LogP contribution in [0.4, 0.5) is 0 Å². The van der Waals surface area contributed by atoms with Crippen LogP contribution in [0.3, 0.4) is 0 Å².